The molecule has 2 heterocycles. The Morgan fingerprint density at radius 3 is 2.39 bits per heavy atom. The van der Waals surface area contributed by atoms with Gasteiger partial charge in [0.2, 0.25) is 0 Å². The highest BCUT2D eigenvalue weighted by Crippen LogP contribution is 2.33. The predicted octanol–water partition coefficient (Wildman–Crippen LogP) is 3.26. The van der Waals surface area contributed by atoms with E-state index in [0.29, 0.717) is 5.57 Å². The van der Waals surface area contributed by atoms with Crippen molar-refractivity contribution >= 4 is 22.9 Å². The van der Waals surface area contributed by atoms with Gasteiger partial charge in [-0.1, -0.05) is 24.3 Å². The van der Waals surface area contributed by atoms with Gasteiger partial charge in [-0.25, -0.2) is 0 Å². The molecule has 1 amide bonds. The minimum atomic E-state index is -0.366. The van der Waals surface area contributed by atoms with E-state index in [4.69, 9.17) is 0 Å². The van der Waals surface area contributed by atoms with Crippen LogP contribution in [0, 0.1) is 0 Å². The second-order valence-corrected chi connectivity index (χ2v) is 8.16. The molecule has 0 aliphatic carbocycles. The normalized spacial score (nSPS) is 20.6. The molecule has 0 aromatic heterocycles. The molecule has 0 unspecified atom stereocenters. The molecule has 0 spiro atoms. The fourth-order valence-corrected chi connectivity index (χ4v) is 3.94. The predicted molar refractivity (Wildman–Crippen MR) is 115 cm³/mol. The maximum atomic E-state index is 12.7. The molecule has 0 atom stereocenters. The fourth-order valence-electron chi connectivity index (χ4n) is 3.94. The lowest BCUT2D eigenvalue weighted by molar-refractivity contribution is -0.117. The van der Waals surface area contributed by atoms with Crippen LogP contribution in [0.25, 0.3) is 5.57 Å². The van der Waals surface area contributed by atoms with Crippen LogP contribution in [-0.4, -0.2) is 44.0 Å². The van der Waals surface area contributed by atoms with Crippen molar-refractivity contribution < 1.29 is 4.79 Å². The Hall–Kier alpha value is -2.79. The van der Waals surface area contributed by atoms with Gasteiger partial charge in [0.05, 0.1) is 11.1 Å². The van der Waals surface area contributed by atoms with Crippen LogP contribution in [0.1, 0.15) is 25.0 Å². The summed E-state index contributed by atoms with van der Waals surface area (Å²) in [5, 5.41) is 6.40. The maximum Gasteiger partial charge on any atom is 0.254 e. The third-order valence-electron chi connectivity index (χ3n) is 5.68. The summed E-state index contributed by atoms with van der Waals surface area (Å²) in [7, 11) is 2.17. The van der Waals surface area contributed by atoms with Gasteiger partial charge in [0, 0.05) is 43.8 Å². The number of nitrogens with zero attached hydrogens (tertiary/aromatic N) is 2. The van der Waals surface area contributed by atoms with E-state index >= 15 is 0 Å². The topological polar surface area (TPSA) is 47.6 Å². The number of piperazine rings is 1. The van der Waals surface area contributed by atoms with Crippen LogP contribution in [0.3, 0.4) is 0 Å². The lowest BCUT2D eigenvalue weighted by Crippen LogP contribution is -2.45. The van der Waals surface area contributed by atoms with Gasteiger partial charge in [0.1, 0.15) is 0 Å². The first-order valence-corrected chi connectivity index (χ1v) is 9.87. The van der Waals surface area contributed by atoms with Crippen molar-refractivity contribution in [2.75, 3.05) is 43.4 Å². The number of carbonyl (C=O) groups excluding carboxylic acids is 1. The van der Waals surface area contributed by atoms with Gasteiger partial charge in [-0.15, -0.1) is 0 Å². The number of hydrogen-bond donors (Lipinski definition) is 2. The molecule has 5 heteroatoms. The van der Waals surface area contributed by atoms with Crippen molar-refractivity contribution in [1.29, 1.82) is 0 Å². The standard InChI is InChI=1S/C23H28N4O/c1-23(2)21-7-5-4-6-19(21)20(22(28)25-23)16-24-17-8-10-18(11-9-17)27-14-12-26(3)13-15-27/h4-11,16,24H,12-15H2,1-3H3,(H,25,28). The van der Waals surface area contributed by atoms with E-state index in [2.05, 4.69) is 57.8 Å². The summed E-state index contributed by atoms with van der Waals surface area (Å²) in [6, 6.07) is 16.5. The number of amides is 1. The molecule has 0 radical (unpaired) electrons. The monoisotopic (exact) mass is 376 g/mol. The molecule has 2 aromatic rings. The summed E-state index contributed by atoms with van der Waals surface area (Å²) >= 11 is 0. The zero-order valence-electron chi connectivity index (χ0n) is 16.8. The first-order valence-electron chi connectivity index (χ1n) is 9.87. The number of hydrogen-bond acceptors (Lipinski definition) is 4. The number of nitrogens with one attached hydrogen (secondary N) is 2. The van der Waals surface area contributed by atoms with Crippen LogP contribution >= 0.6 is 0 Å². The summed E-state index contributed by atoms with van der Waals surface area (Å²) in [5.41, 5.74) is 4.63. The Morgan fingerprint density at radius 2 is 1.68 bits per heavy atom. The Morgan fingerprint density at radius 1 is 1.00 bits per heavy atom. The van der Waals surface area contributed by atoms with Crippen molar-refractivity contribution in [3.63, 3.8) is 0 Å². The number of fused-ring (bicyclic) bond motifs is 1. The number of anilines is 2. The average molecular weight is 377 g/mol. The summed E-state index contributed by atoms with van der Waals surface area (Å²) in [4.78, 5) is 17.4. The minimum absolute atomic E-state index is 0.0507. The molecule has 1 fully saturated rings. The molecular formula is C23H28N4O. The Balaban J connectivity index is 1.52. The van der Waals surface area contributed by atoms with Crippen LogP contribution in [0.5, 0.6) is 0 Å². The van der Waals surface area contributed by atoms with Crippen molar-refractivity contribution in [2.45, 2.75) is 19.4 Å². The van der Waals surface area contributed by atoms with Crippen LogP contribution in [0.4, 0.5) is 11.4 Å². The van der Waals surface area contributed by atoms with Crippen molar-refractivity contribution in [3.05, 3.63) is 65.9 Å². The molecule has 28 heavy (non-hydrogen) atoms. The second kappa shape index (κ2) is 7.32. The van der Waals surface area contributed by atoms with Crippen molar-refractivity contribution in [1.82, 2.24) is 10.2 Å². The largest absolute Gasteiger partial charge is 0.369 e. The number of rotatable bonds is 3. The summed E-state index contributed by atoms with van der Waals surface area (Å²) < 4.78 is 0. The molecule has 4 rings (SSSR count). The number of likely N-dealkylation sites (N-methyl/N-ethyl adjacent to an activating group) is 1. The first-order chi connectivity index (χ1) is 13.4. The molecular weight excluding hydrogens is 348 g/mol. The Labute approximate surface area is 167 Å². The van der Waals surface area contributed by atoms with Gasteiger partial charge in [-0.2, -0.15) is 0 Å². The van der Waals surface area contributed by atoms with Crippen LogP contribution < -0.4 is 15.5 Å². The molecule has 2 aliphatic heterocycles. The van der Waals surface area contributed by atoms with Crippen LogP contribution in [0.15, 0.2) is 54.7 Å². The van der Waals surface area contributed by atoms with Gasteiger partial charge >= 0.3 is 0 Å². The van der Waals surface area contributed by atoms with Gasteiger partial charge in [-0.3, -0.25) is 4.79 Å². The van der Waals surface area contributed by atoms with E-state index in [9.17, 15) is 4.79 Å². The summed E-state index contributed by atoms with van der Waals surface area (Å²) in [6.45, 7) is 8.37. The third kappa shape index (κ3) is 3.62. The SMILES string of the molecule is CN1CCN(c2ccc(NC=C3C(=O)NC(C)(C)c4ccccc43)cc2)CC1. The zero-order chi connectivity index (χ0) is 19.7. The lowest BCUT2D eigenvalue weighted by atomic mass is 9.83. The Bertz CT molecular complexity index is 893. The molecule has 0 saturated carbocycles. The number of carbonyl (C=O) groups is 1. The summed E-state index contributed by atoms with van der Waals surface area (Å²) in [5.74, 6) is -0.0507. The quantitative estimate of drug-likeness (QED) is 0.808. The molecule has 5 nitrogen and oxygen atoms in total. The molecule has 2 aliphatic rings. The van der Waals surface area contributed by atoms with Crippen LogP contribution in [-0.2, 0) is 10.3 Å². The van der Waals surface area contributed by atoms with E-state index < -0.39 is 0 Å². The van der Waals surface area contributed by atoms with Gasteiger partial charge in [0.25, 0.3) is 5.91 Å². The van der Waals surface area contributed by atoms with E-state index in [1.165, 1.54) is 5.69 Å². The minimum Gasteiger partial charge on any atom is -0.369 e. The molecule has 2 N–H and O–H groups in total. The maximum absolute atomic E-state index is 12.7. The van der Waals surface area contributed by atoms with E-state index in [1.807, 2.05) is 38.2 Å². The zero-order valence-corrected chi connectivity index (χ0v) is 16.8. The second-order valence-electron chi connectivity index (χ2n) is 8.16. The van der Waals surface area contributed by atoms with Crippen molar-refractivity contribution in [2.24, 2.45) is 0 Å². The Kier molecular flexibility index (Phi) is 4.85. The highest BCUT2D eigenvalue weighted by atomic mass is 16.2. The lowest BCUT2D eigenvalue weighted by Gasteiger charge is -2.34. The smallest absolute Gasteiger partial charge is 0.254 e. The molecule has 2 aromatic carbocycles. The van der Waals surface area contributed by atoms with Gasteiger partial charge in [0.15, 0.2) is 0 Å². The summed E-state index contributed by atoms with van der Waals surface area (Å²) in [6.07, 6.45) is 1.81. The van der Waals surface area contributed by atoms with Gasteiger partial charge in [-0.05, 0) is 56.3 Å². The van der Waals surface area contributed by atoms with E-state index in [-0.39, 0.29) is 11.4 Å². The highest BCUT2D eigenvalue weighted by molar-refractivity contribution is 6.21. The fraction of sp³-hybridized carbons (Fsp3) is 0.348. The molecule has 1 saturated heterocycles. The highest BCUT2D eigenvalue weighted by Gasteiger charge is 2.33. The first kappa shape index (κ1) is 18.6. The van der Waals surface area contributed by atoms with E-state index in [1.54, 1.807) is 0 Å². The number of benzene rings is 2. The van der Waals surface area contributed by atoms with Crippen molar-refractivity contribution in [3.8, 4) is 0 Å². The molecule has 0 bridgehead atoms. The van der Waals surface area contributed by atoms with Gasteiger partial charge < -0.3 is 20.4 Å². The van der Waals surface area contributed by atoms with E-state index in [0.717, 1.165) is 43.0 Å². The third-order valence-corrected chi connectivity index (χ3v) is 5.68. The van der Waals surface area contributed by atoms with Crippen LogP contribution in [0.2, 0.25) is 0 Å². The molecule has 146 valence electrons. The average Bonchev–Trinajstić information content (AvgIpc) is 2.68.